The van der Waals surface area contributed by atoms with Crippen LogP contribution in [0, 0.1) is 34.6 Å². The third-order valence-electron chi connectivity index (χ3n) is 6.00. The molecule has 156 valence electrons. The molecule has 1 fully saturated rings. The molecular formula is C22H28N2O4S. The first-order valence-corrected chi connectivity index (χ1v) is 11.1. The molecule has 1 amide bonds. The fourth-order valence-electron chi connectivity index (χ4n) is 3.94. The minimum absolute atomic E-state index is 0.0495. The highest BCUT2D eigenvalue weighted by atomic mass is 32.2. The number of carbonyl (C=O) groups excluding carboxylic acids is 1. The summed E-state index contributed by atoms with van der Waals surface area (Å²) in [4.78, 5) is 14.1. The van der Waals surface area contributed by atoms with E-state index in [2.05, 4.69) is 4.72 Å². The molecule has 29 heavy (non-hydrogen) atoms. The summed E-state index contributed by atoms with van der Waals surface area (Å²) in [5, 5.41) is 0. The lowest BCUT2D eigenvalue weighted by molar-refractivity contribution is -0.117. The molecule has 3 rings (SSSR count). The molecule has 1 heterocycles. The monoisotopic (exact) mass is 416 g/mol. The molecule has 0 saturated carbocycles. The van der Waals surface area contributed by atoms with Gasteiger partial charge in [-0.15, -0.1) is 0 Å². The molecule has 0 spiro atoms. The predicted molar refractivity (Wildman–Crippen MR) is 116 cm³/mol. The number of methoxy groups -OCH3 is 1. The van der Waals surface area contributed by atoms with Crippen molar-refractivity contribution in [3.8, 4) is 5.75 Å². The van der Waals surface area contributed by atoms with Crippen LogP contribution in [0.5, 0.6) is 5.75 Å². The molecule has 7 heteroatoms. The van der Waals surface area contributed by atoms with Gasteiger partial charge in [0.2, 0.25) is 5.91 Å². The standard InChI is InChI=1S/C22H28N2O4S/c1-13-14(2)16(4)22(17(5)15(13)3)29(26,27)23-18-9-10-19(20(12-18)28-6)24-11-7-8-21(24)25/h9-10,12,23H,7-8,11H2,1-6H3. The van der Waals surface area contributed by atoms with Gasteiger partial charge in [-0.05, 0) is 81.0 Å². The van der Waals surface area contributed by atoms with Gasteiger partial charge in [0, 0.05) is 19.0 Å². The third kappa shape index (κ3) is 3.71. The second kappa shape index (κ2) is 7.71. The highest BCUT2D eigenvalue weighted by molar-refractivity contribution is 7.92. The van der Waals surface area contributed by atoms with Crippen LogP contribution in [0.4, 0.5) is 11.4 Å². The SMILES string of the molecule is COc1cc(NS(=O)(=O)c2c(C)c(C)c(C)c(C)c2C)ccc1N1CCCC1=O. The van der Waals surface area contributed by atoms with Crippen molar-refractivity contribution >= 4 is 27.3 Å². The summed E-state index contributed by atoms with van der Waals surface area (Å²) in [7, 11) is -2.28. The maximum Gasteiger partial charge on any atom is 0.262 e. The van der Waals surface area contributed by atoms with Crippen molar-refractivity contribution in [3.05, 3.63) is 46.0 Å². The van der Waals surface area contributed by atoms with Crippen LogP contribution in [0.1, 0.15) is 40.7 Å². The van der Waals surface area contributed by atoms with E-state index in [9.17, 15) is 13.2 Å². The number of nitrogens with zero attached hydrogens (tertiary/aromatic N) is 1. The summed E-state index contributed by atoms with van der Waals surface area (Å²) in [6.45, 7) is 10.2. The maximum absolute atomic E-state index is 13.2. The Morgan fingerprint density at radius 2 is 1.55 bits per heavy atom. The van der Waals surface area contributed by atoms with Crippen LogP contribution in [0.25, 0.3) is 0 Å². The van der Waals surface area contributed by atoms with E-state index in [1.165, 1.54) is 7.11 Å². The van der Waals surface area contributed by atoms with E-state index in [1.807, 2.05) is 34.6 Å². The largest absolute Gasteiger partial charge is 0.494 e. The number of sulfonamides is 1. The van der Waals surface area contributed by atoms with Crippen LogP contribution in [0.2, 0.25) is 0 Å². The molecule has 1 aliphatic rings. The summed E-state index contributed by atoms with van der Waals surface area (Å²) >= 11 is 0. The topological polar surface area (TPSA) is 75.7 Å². The Hall–Kier alpha value is -2.54. The van der Waals surface area contributed by atoms with Crippen LogP contribution in [-0.4, -0.2) is 28.0 Å². The minimum Gasteiger partial charge on any atom is -0.494 e. The number of hydrogen-bond donors (Lipinski definition) is 1. The zero-order valence-corrected chi connectivity index (χ0v) is 18.7. The molecule has 0 unspecified atom stereocenters. The average Bonchev–Trinajstić information content (AvgIpc) is 3.10. The quantitative estimate of drug-likeness (QED) is 0.794. The zero-order valence-electron chi connectivity index (χ0n) is 17.8. The van der Waals surface area contributed by atoms with Crippen LogP contribution >= 0.6 is 0 Å². The molecule has 1 saturated heterocycles. The molecule has 0 aliphatic carbocycles. The van der Waals surface area contributed by atoms with Crippen molar-refractivity contribution in [3.63, 3.8) is 0 Å². The normalized spacial score (nSPS) is 14.4. The molecule has 0 aromatic heterocycles. The summed E-state index contributed by atoms with van der Waals surface area (Å²) in [6, 6.07) is 5.02. The Morgan fingerprint density at radius 3 is 2.07 bits per heavy atom. The van der Waals surface area contributed by atoms with E-state index in [1.54, 1.807) is 23.1 Å². The Morgan fingerprint density at radius 1 is 0.966 bits per heavy atom. The number of benzene rings is 2. The highest BCUT2D eigenvalue weighted by Crippen LogP contribution is 2.35. The zero-order chi connectivity index (χ0) is 21.5. The van der Waals surface area contributed by atoms with E-state index >= 15 is 0 Å². The van der Waals surface area contributed by atoms with E-state index in [0.717, 1.165) is 34.2 Å². The van der Waals surface area contributed by atoms with Crippen molar-refractivity contribution in [2.75, 3.05) is 23.3 Å². The number of amides is 1. The number of rotatable bonds is 5. The van der Waals surface area contributed by atoms with Gasteiger partial charge in [-0.3, -0.25) is 9.52 Å². The van der Waals surface area contributed by atoms with Gasteiger partial charge < -0.3 is 9.64 Å². The second-order valence-corrected chi connectivity index (χ2v) is 9.21. The van der Waals surface area contributed by atoms with Gasteiger partial charge in [0.15, 0.2) is 0 Å². The number of ether oxygens (including phenoxy) is 1. The van der Waals surface area contributed by atoms with E-state index < -0.39 is 10.0 Å². The Bertz CT molecular complexity index is 1060. The van der Waals surface area contributed by atoms with Crippen LogP contribution in [0.3, 0.4) is 0 Å². The van der Waals surface area contributed by atoms with E-state index in [-0.39, 0.29) is 5.91 Å². The lowest BCUT2D eigenvalue weighted by Gasteiger charge is -2.21. The third-order valence-corrected chi connectivity index (χ3v) is 7.65. The first-order valence-electron chi connectivity index (χ1n) is 9.66. The highest BCUT2D eigenvalue weighted by Gasteiger charge is 2.26. The predicted octanol–water partition coefficient (Wildman–Crippen LogP) is 4.16. The van der Waals surface area contributed by atoms with Crippen LogP contribution < -0.4 is 14.4 Å². The van der Waals surface area contributed by atoms with E-state index in [4.69, 9.17) is 4.74 Å². The average molecular weight is 417 g/mol. The van der Waals surface area contributed by atoms with Gasteiger partial charge in [0.25, 0.3) is 10.0 Å². The molecular weight excluding hydrogens is 388 g/mol. The lowest BCUT2D eigenvalue weighted by Crippen LogP contribution is -2.24. The first kappa shape index (κ1) is 21.2. The maximum atomic E-state index is 13.2. The molecule has 2 aromatic carbocycles. The number of hydrogen-bond acceptors (Lipinski definition) is 4. The summed E-state index contributed by atoms with van der Waals surface area (Å²) in [6.07, 6.45) is 1.32. The number of nitrogens with one attached hydrogen (secondary N) is 1. The van der Waals surface area contributed by atoms with E-state index in [0.29, 0.717) is 35.0 Å². The summed E-state index contributed by atoms with van der Waals surface area (Å²) < 4.78 is 34.6. The van der Waals surface area contributed by atoms with Crippen molar-refractivity contribution in [2.45, 2.75) is 52.4 Å². The van der Waals surface area contributed by atoms with Gasteiger partial charge in [-0.2, -0.15) is 0 Å². The van der Waals surface area contributed by atoms with Crippen molar-refractivity contribution < 1.29 is 17.9 Å². The summed E-state index contributed by atoms with van der Waals surface area (Å²) in [5.74, 6) is 0.513. The molecule has 6 nitrogen and oxygen atoms in total. The van der Waals surface area contributed by atoms with Crippen molar-refractivity contribution in [1.82, 2.24) is 0 Å². The second-order valence-electron chi connectivity index (χ2n) is 7.60. The minimum atomic E-state index is -3.79. The fraction of sp³-hybridized carbons (Fsp3) is 0.409. The number of anilines is 2. The van der Waals surface area contributed by atoms with Gasteiger partial charge >= 0.3 is 0 Å². The first-order chi connectivity index (χ1) is 13.6. The van der Waals surface area contributed by atoms with Gasteiger partial charge in [0.1, 0.15) is 5.75 Å². The molecule has 2 aromatic rings. The Balaban J connectivity index is 2.01. The molecule has 0 radical (unpaired) electrons. The fourth-order valence-corrected chi connectivity index (χ4v) is 5.59. The van der Waals surface area contributed by atoms with Gasteiger partial charge in [0.05, 0.1) is 23.4 Å². The molecule has 0 bridgehead atoms. The van der Waals surface area contributed by atoms with Crippen LogP contribution in [-0.2, 0) is 14.8 Å². The van der Waals surface area contributed by atoms with Gasteiger partial charge in [-0.1, -0.05) is 0 Å². The molecule has 1 aliphatic heterocycles. The summed E-state index contributed by atoms with van der Waals surface area (Å²) in [5.41, 5.74) is 5.64. The Labute approximate surface area is 172 Å². The molecule has 0 atom stereocenters. The lowest BCUT2D eigenvalue weighted by atomic mass is 9.95. The molecule has 1 N–H and O–H groups in total. The van der Waals surface area contributed by atoms with Crippen LogP contribution in [0.15, 0.2) is 23.1 Å². The van der Waals surface area contributed by atoms with Crippen molar-refractivity contribution in [1.29, 1.82) is 0 Å². The van der Waals surface area contributed by atoms with Gasteiger partial charge in [-0.25, -0.2) is 8.42 Å². The Kier molecular flexibility index (Phi) is 5.63. The van der Waals surface area contributed by atoms with Crippen molar-refractivity contribution in [2.24, 2.45) is 0 Å². The number of carbonyl (C=O) groups is 1. The smallest absolute Gasteiger partial charge is 0.262 e.